The normalized spacial score (nSPS) is 11.9. The predicted octanol–water partition coefficient (Wildman–Crippen LogP) is 0.883. The standard InChI is InChI=1S/C19H18N4O6/c1-9-5-11(8-24)12-4-2-3-10(16(12)20-9)6-14(18(26)27)21-17(25)13-7-15(19(28)29)23-22-13/h2-5,7,14,24H,6,8H2,1H3,(H,21,25)(H,22,23)(H,26,27)(H,28,29)/t14-/m0/s1. The molecule has 0 aliphatic carbocycles. The molecule has 0 bridgehead atoms. The van der Waals surface area contributed by atoms with Crippen LogP contribution in [0.4, 0.5) is 0 Å². The number of benzene rings is 1. The molecule has 0 saturated carbocycles. The van der Waals surface area contributed by atoms with Crippen LogP contribution in [-0.4, -0.2) is 54.4 Å². The zero-order valence-corrected chi connectivity index (χ0v) is 15.3. The summed E-state index contributed by atoms with van der Waals surface area (Å²) in [6, 6.07) is 6.68. The highest BCUT2D eigenvalue weighted by Gasteiger charge is 2.24. The molecule has 3 aromatic rings. The molecule has 0 fully saturated rings. The van der Waals surface area contributed by atoms with Crippen LogP contribution in [0.3, 0.4) is 0 Å². The van der Waals surface area contributed by atoms with E-state index in [4.69, 9.17) is 5.11 Å². The van der Waals surface area contributed by atoms with Crippen molar-refractivity contribution in [3.05, 3.63) is 58.5 Å². The lowest BCUT2D eigenvalue weighted by Crippen LogP contribution is -2.42. The number of nitrogens with zero attached hydrogens (tertiary/aromatic N) is 2. The maximum atomic E-state index is 12.3. The van der Waals surface area contributed by atoms with E-state index in [9.17, 15) is 24.6 Å². The predicted molar refractivity (Wildman–Crippen MR) is 101 cm³/mol. The van der Waals surface area contributed by atoms with Crippen molar-refractivity contribution in [2.45, 2.75) is 26.0 Å². The number of aromatic nitrogens is 3. The number of aliphatic hydroxyl groups excluding tert-OH is 1. The molecule has 1 atom stereocenters. The highest BCUT2D eigenvalue weighted by molar-refractivity contribution is 5.97. The number of pyridine rings is 1. The van der Waals surface area contributed by atoms with Crippen molar-refractivity contribution < 1.29 is 29.7 Å². The molecule has 2 aromatic heterocycles. The Bertz CT molecular complexity index is 1110. The van der Waals surface area contributed by atoms with Gasteiger partial charge in [-0.3, -0.25) is 14.9 Å². The Labute approximate surface area is 164 Å². The maximum absolute atomic E-state index is 12.3. The van der Waals surface area contributed by atoms with Crippen LogP contribution in [-0.2, 0) is 17.8 Å². The lowest BCUT2D eigenvalue weighted by atomic mass is 9.99. The number of aliphatic hydroxyl groups is 1. The van der Waals surface area contributed by atoms with Crippen molar-refractivity contribution in [2.75, 3.05) is 0 Å². The number of nitrogens with one attached hydrogen (secondary N) is 2. The van der Waals surface area contributed by atoms with E-state index in [0.29, 0.717) is 27.7 Å². The summed E-state index contributed by atoms with van der Waals surface area (Å²) in [6.45, 7) is 1.58. The summed E-state index contributed by atoms with van der Waals surface area (Å²) >= 11 is 0. The van der Waals surface area contributed by atoms with Gasteiger partial charge in [-0.25, -0.2) is 9.59 Å². The number of aromatic amines is 1. The highest BCUT2D eigenvalue weighted by atomic mass is 16.4. The fraction of sp³-hybridized carbons (Fsp3) is 0.211. The minimum absolute atomic E-state index is 0.0596. The van der Waals surface area contributed by atoms with Crippen molar-refractivity contribution in [1.82, 2.24) is 20.5 Å². The van der Waals surface area contributed by atoms with Crippen LogP contribution in [0.1, 0.15) is 37.8 Å². The SMILES string of the molecule is Cc1cc(CO)c2cccc(C[C@H](NC(=O)c3cc(C(=O)O)[nH]n3)C(=O)O)c2n1. The molecule has 0 spiro atoms. The lowest BCUT2D eigenvalue weighted by Gasteiger charge is -2.16. The first-order chi connectivity index (χ1) is 13.8. The van der Waals surface area contributed by atoms with Gasteiger partial charge in [0.25, 0.3) is 5.91 Å². The summed E-state index contributed by atoms with van der Waals surface area (Å²) in [4.78, 5) is 39.4. The molecule has 3 rings (SSSR count). The first-order valence-corrected chi connectivity index (χ1v) is 8.61. The third kappa shape index (κ3) is 4.22. The van der Waals surface area contributed by atoms with Crippen LogP contribution in [0.15, 0.2) is 30.3 Å². The highest BCUT2D eigenvalue weighted by Crippen LogP contribution is 2.23. The van der Waals surface area contributed by atoms with E-state index < -0.39 is 23.9 Å². The molecular formula is C19H18N4O6. The number of H-pyrrole nitrogens is 1. The topological polar surface area (TPSA) is 166 Å². The fourth-order valence-electron chi connectivity index (χ4n) is 3.02. The number of aliphatic carboxylic acids is 1. The van der Waals surface area contributed by atoms with Crippen molar-refractivity contribution >= 4 is 28.7 Å². The molecular weight excluding hydrogens is 380 g/mol. The van der Waals surface area contributed by atoms with Crippen molar-refractivity contribution in [3.63, 3.8) is 0 Å². The Morgan fingerprint density at radius 1 is 1.17 bits per heavy atom. The lowest BCUT2D eigenvalue weighted by molar-refractivity contribution is -0.139. The molecule has 5 N–H and O–H groups in total. The number of fused-ring (bicyclic) bond motifs is 1. The number of carbonyl (C=O) groups excluding carboxylic acids is 1. The number of aromatic carboxylic acids is 1. The number of aryl methyl sites for hydroxylation is 1. The van der Waals surface area contributed by atoms with Gasteiger partial charge in [0.1, 0.15) is 11.7 Å². The van der Waals surface area contributed by atoms with Crippen LogP contribution < -0.4 is 5.32 Å². The van der Waals surface area contributed by atoms with Gasteiger partial charge in [0, 0.05) is 23.6 Å². The number of carboxylic acid groups (broad SMARTS) is 2. The van der Waals surface area contributed by atoms with Crippen molar-refractivity contribution in [3.8, 4) is 0 Å². The van der Waals surface area contributed by atoms with Gasteiger partial charge in [-0.15, -0.1) is 0 Å². The van der Waals surface area contributed by atoms with Gasteiger partial charge < -0.3 is 20.6 Å². The molecule has 1 amide bonds. The van der Waals surface area contributed by atoms with Crippen LogP contribution in [0, 0.1) is 6.92 Å². The van der Waals surface area contributed by atoms with Gasteiger partial charge >= 0.3 is 11.9 Å². The molecule has 0 unspecified atom stereocenters. The number of para-hydroxylation sites is 1. The first-order valence-electron chi connectivity index (χ1n) is 8.61. The summed E-state index contributed by atoms with van der Waals surface area (Å²) in [5.74, 6) is -3.37. The molecule has 29 heavy (non-hydrogen) atoms. The van der Waals surface area contributed by atoms with Gasteiger partial charge in [-0.05, 0) is 24.1 Å². The quantitative estimate of drug-likeness (QED) is 0.391. The van der Waals surface area contributed by atoms with Crippen molar-refractivity contribution in [1.29, 1.82) is 0 Å². The molecule has 150 valence electrons. The molecule has 0 radical (unpaired) electrons. The van der Waals surface area contributed by atoms with Gasteiger partial charge in [0.05, 0.1) is 12.1 Å². The van der Waals surface area contributed by atoms with E-state index in [2.05, 4.69) is 20.5 Å². The maximum Gasteiger partial charge on any atom is 0.353 e. The van der Waals surface area contributed by atoms with Crippen molar-refractivity contribution in [2.24, 2.45) is 0 Å². The zero-order chi connectivity index (χ0) is 21.1. The van der Waals surface area contributed by atoms with Crippen LogP contribution >= 0.6 is 0 Å². The van der Waals surface area contributed by atoms with Crippen LogP contribution in [0.5, 0.6) is 0 Å². The van der Waals surface area contributed by atoms with Gasteiger partial charge in [-0.2, -0.15) is 5.10 Å². The number of rotatable bonds is 7. The Morgan fingerprint density at radius 2 is 1.93 bits per heavy atom. The third-order valence-corrected chi connectivity index (χ3v) is 4.38. The largest absolute Gasteiger partial charge is 0.480 e. The fourth-order valence-corrected chi connectivity index (χ4v) is 3.02. The number of amides is 1. The molecule has 0 saturated heterocycles. The third-order valence-electron chi connectivity index (χ3n) is 4.38. The molecule has 10 nitrogen and oxygen atoms in total. The van der Waals surface area contributed by atoms with Crippen LogP contribution in [0.25, 0.3) is 10.9 Å². The second-order valence-corrected chi connectivity index (χ2v) is 6.43. The van der Waals surface area contributed by atoms with Crippen LogP contribution in [0.2, 0.25) is 0 Å². The zero-order valence-electron chi connectivity index (χ0n) is 15.3. The van der Waals surface area contributed by atoms with Gasteiger partial charge in [0.15, 0.2) is 5.69 Å². The van der Waals surface area contributed by atoms with E-state index in [-0.39, 0.29) is 24.4 Å². The second-order valence-electron chi connectivity index (χ2n) is 6.43. The summed E-state index contributed by atoms with van der Waals surface area (Å²) in [7, 11) is 0. The molecule has 10 heteroatoms. The Balaban J connectivity index is 1.89. The second kappa shape index (κ2) is 8.07. The monoisotopic (exact) mass is 398 g/mol. The average molecular weight is 398 g/mol. The van der Waals surface area contributed by atoms with Gasteiger partial charge in [-0.1, -0.05) is 18.2 Å². The summed E-state index contributed by atoms with van der Waals surface area (Å²) in [6.07, 6.45) is -0.0596. The molecule has 0 aliphatic rings. The molecule has 0 aliphatic heterocycles. The van der Waals surface area contributed by atoms with E-state index in [1.165, 1.54) is 0 Å². The van der Waals surface area contributed by atoms with E-state index in [1.54, 1.807) is 31.2 Å². The van der Waals surface area contributed by atoms with E-state index >= 15 is 0 Å². The minimum Gasteiger partial charge on any atom is -0.480 e. The average Bonchev–Trinajstić information content (AvgIpc) is 3.17. The van der Waals surface area contributed by atoms with Gasteiger partial charge in [0.2, 0.25) is 0 Å². The Morgan fingerprint density at radius 3 is 2.55 bits per heavy atom. The van der Waals surface area contributed by atoms with E-state index in [1.807, 2.05) is 0 Å². The number of carbonyl (C=O) groups is 3. The van der Waals surface area contributed by atoms with E-state index in [0.717, 1.165) is 6.07 Å². The Hall–Kier alpha value is -3.79. The summed E-state index contributed by atoms with van der Waals surface area (Å²) in [5, 5.41) is 36.8. The number of hydrogen-bond donors (Lipinski definition) is 5. The minimum atomic E-state index is -1.29. The number of carboxylic acids is 2. The molecule has 2 heterocycles. The Kier molecular flexibility index (Phi) is 5.55. The molecule has 1 aromatic carbocycles. The summed E-state index contributed by atoms with van der Waals surface area (Å²) in [5.41, 5.74) is 1.95. The first kappa shape index (κ1) is 20.0. The number of hydrogen-bond acceptors (Lipinski definition) is 6. The smallest absolute Gasteiger partial charge is 0.353 e. The summed E-state index contributed by atoms with van der Waals surface area (Å²) < 4.78 is 0.